The van der Waals surface area contributed by atoms with Crippen molar-refractivity contribution < 1.29 is 0 Å². The Morgan fingerprint density at radius 1 is 1.15 bits per heavy atom. The van der Waals surface area contributed by atoms with Crippen LogP contribution in [0.5, 0.6) is 0 Å². The van der Waals surface area contributed by atoms with Crippen LogP contribution in [0.3, 0.4) is 0 Å². The van der Waals surface area contributed by atoms with Crippen LogP contribution in [0.2, 0.25) is 15.1 Å². The molecule has 0 saturated heterocycles. The van der Waals surface area contributed by atoms with Gasteiger partial charge in [0.2, 0.25) is 0 Å². The van der Waals surface area contributed by atoms with Crippen molar-refractivity contribution in [2.45, 2.75) is 6.92 Å². The molecule has 0 fully saturated rings. The number of thiocarbonyl (C=S) groups is 1. The van der Waals surface area contributed by atoms with E-state index in [1.807, 2.05) is 13.0 Å². The Morgan fingerprint density at radius 3 is 2.50 bits per heavy atom. The van der Waals surface area contributed by atoms with Gasteiger partial charge in [-0.05, 0) is 36.8 Å². The van der Waals surface area contributed by atoms with Crippen molar-refractivity contribution in [3.63, 3.8) is 0 Å². The number of hydrogen-bond donors (Lipinski definition) is 2. The minimum Gasteiger partial charge on any atom is -0.389 e. The van der Waals surface area contributed by atoms with Crippen LogP contribution in [0.1, 0.15) is 11.1 Å². The highest BCUT2D eigenvalue weighted by Gasteiger charge is 2.12. The van der Waals surface area contributed by atoms with Gasteiger partial charge in [0.15, 0.2) is 0 Å². The highest BCUT2D eigenvalue weighted by atomic mass is 35.5. The van der Waals surface area contributed by atoms with Crippen molar-refractivity contribution in [2.24, 2.45) is 5.73 Å². The summed E-state index contributed by atoms with van der Waals surface area (Å²) in [5.74, 6) is 0. The lowest BCUT2D eigenvalue weighted by Gasteiger charge is -2.15. The molecule has 0 aliphatic carbocycles. The van der Waals surface area contributed by atoms with Crippen molar-refractivity contribution in [1.82, 2.24) is 0 Å². The summed E-state index contributed by atoms with van der Waals surface area (Å²) in [6, 6.07) is 8.83. The summed E-state index contributed by atoms with van der Waals surface area (Å²) >= 11 is 23.5. The van der Waals surface area contributed by atoms with Gasteiger partial charge in [-0.3, -0.25) is 0 Å². The minimum atomic E-state index is 0.268. The van der Waals surface area contributed by atoms with E-state index in [2.05, 4.69) is 5.32 Å². The topological polar surface area (TPSA) is 38.0 Å². The largest absolute Gasteiger partial charge is 0.389 e. The van der Waals surface area contributed by atoms with Gasteiger partial charge < -0.3 is 11.1 Å². The van der Waals surface area contributed by atoms with Crippen molar-refractivity contribution in [3.05, 3.63) is 56.5 Å². The summed E-state index contributed by atoms with van der Waals surface area (Å²) in [6.07, 6.45) is 0. The maximum Gasteiger partial charge on any atom is 0.106 e. The Labute approximate surface area is 137 Å². The predicted octanol–water partition coefficient (Wildman–Crippen LogP) is 5.33. The van der Waals surface area contributed by atoms with Gasteiger partial charge in [0, 0.05) is 10.6 Å². The van der Waals surface area contributed by atoms with Gasteiger partial charge in [0.1, 0.15) is 4.99 Å². The molecule has 0 aliphatic rings. The molecule has 6 heteroatoms. The highest BCUT2D eigenvalue weighted by molar-refractivity contribution is 7.80. The second-order valence-electron chi connectivity index (χ2n) is 4.23. The molecular weight excluding hydrogens is 335 g/mol. The van der Waals surface area contributed by atoms with E-state index in [1.54, 1.807) is 24.3 Å². The first-order valence-electron chi connectivity index (χ1n) is 5.71. The lowest BCUT2D eigenvalue weighted by Crippen LogP contribution is -2.12. The van der Waals surface area contributed by atoms with E-state index >= 15 is 0 Å². The monoisotopic (exact) mass is 344 g/mol. The number of benzene rings is 2. The molecule has 0 heterocycles. The van der Waals surface area contributed by atoms with Gasteiger partial charge in [-0.25, -0.2) is 0 Å². The van der Waals surface area contributed by atoms with E-state index < -0.39 is 0 Å². The van der Waals surface area contributed by atoms with Crippen LogP contribution in [0, 0.1) is 6.92 Å². The molecule has 0 aromatic heterocycles. The van der Waals surface area contributed by atoms with E-state index in [1.165, 1.54) is 0 Å². The van der Waals surface area contributed by atoms with Crippen LogP contribution in [0.25, 0.3) is 0 Å². The Bertz CT molecular complexity index is 686. The molecule has 20 heavy (non-hydrogen) atoms. The molecule has 0 unspecified atom stereocenters. The van der Waals surface area contributed by atoms with Gasteiger partial charge in [-0.15, -0.1) is 0 Å². The first kappa shape index (κ1) is 15.4. The van der Waals surface area contributed by atoms with Gasteiger partial charge in [-0.1, -0.05) is 53.1 Å². The smallest absolute Gasteiger partial charge is 0.106 e. The number of nitrogens with two attached hydrogens (primary N) is 1. The zero-order chi connectivity index (χ0) is 14.9. The summed E-state index contributed by atoms with van der Waals surface area (Å²) in [5, 5.41) is 4.77. The van der Waals surface area contributed by atoms with Crippen molar-refractivity contribution in [2.75, 3.05) is 5.32 Å². The van der Waals surface area contributed by atoms with E-state index in [-0.39, 0.29) is 4.99 Å². The molecular formula is C14H11Cl3N2S. The fourth-order valence-corrected chi connectivity index (χ4v) is 2.56. The molecule has 0 spiro atoms. The van der Waals surface area contributed by atoms with Crippen LogP contribution >= 0.6 is 47.0 Å². The summed E-state index contributed by atoms with van der Waals surface area (Å²) < 4.78 is 0. The standard InChI is InChI=1S/C14H11Cl3N2S/c1-7-2-5-10(16)13(12(7)17)19-11-6-8(15)3-4-9(11)14(18)20/h2-6,19H,1H3,(H2,18,20). The first-order chi connectivity index (χ1) is 9.40. The Kier molecular flexibility index (Phi) is 4.76. The van der Waals surface area contributed by atoms with E-state index in [9.17, 15) is 0 Å². The average molecular weight is 346 g/mol. The number of hydrogen-bond acceptors (Lipinski definition) is 2. The third kappa shape index (κ3) is 3.18. The maximum absolute atomic E-state index is 6.28. The van der Waals surface area contributed by atoms with E-state index in [0.717, 1.165) is 5.56 Å². The Hall–Kier alpha value is -1.00. The van der Waals surface area contributed by atoms with Crippen LogP contribution < -0.4 is 11.1 Å². The van der Waals surface area contributed by atoms with Crippen LogP contribution in [0.4, 0.5) is 11.4 Å². The van der Waals surface area contributed by atoms with Crippen LogP contribution in [-0.4, -0.2) is 4.99 Å². The van der Waals surface area contributed by atoms with Crippen molar-refractivity contribution in [3.8, 4) is 0 Å². The SMILES string of the molecule is Cc1ccc(Cl)c(Nc2cc(Cl)ccc2C(N)=S)c1Cl. The van der Waals surface area contributed by atoms with Gasteiger partial charge >= 0.3 is 0 Å². The molecule has 0 bridgehead atoms. The molecule has 0 saturated carbocycles. The zero-order valence-corrected chi connectivity index (χ0v) is 13.6. The summed E-state index contributed by atoms with van der Waals surface area (Å²) in [4.78, 5) is 0.268. The summed E-state index contributed by atoms with van der Waals surface area (Å²) in [6.45, 7) is 1.90. The van der Waals surface area contributed by atoms with Gasteiger partial charge in [0.05, 0.1) is 21.4 Å². The van der Waals surface area contributed by atoms with Crippen molar-refractivity contribution >= 4 is 63.4 Å². The maximum atomic E-state index is 6.28. The first-order valence-corrected chi connectivity index (χ1v) is 7.25. The fraction of sp³-hybridized carbons (Fsp3) is 0.0714. The predicted molar refractivity (Wildman–Crippen MR) is 91.8 cm³/mol. The van der Waals surface area contributed by atoms with Crippen LogP contribution in [-0.2, 0) is 0 Å². The van der Waals surface area contributed by atoms with E-state index in [4.69, 9.17) is 52.8 Å². The fourth-order valence-electron chi connectivity index (χ4n) is 1.74. The number of aryl methyl sites for hydroxylation is 1. The molecule has 0 atom stereocenters. The van der Waals surface area contributed by atoms with Gasteiger partial charge in [0.25, 0.3) is 0 Å². The van der Waals surface area contributed by atoms with E-state index in [0.29, 0.717) is 32.0 Å². The normalized spacial score (nSPS) is 10.4. The Morgan fingerprint density at radius 2 is 1.85 bits per heavy atom. The molecule has 2 aromatic rings. The molecule has 104 valence electrons. The summed E-state index contributed by atoms with van der Waals surface area (Å²) in [7, 11) is 0. The zero-order valence-electron chi connectivity index (χ0n) is 10.5. The second-order valence-corrected chi connectivity index (χ2v) is 5.89. The molecule has 0 radical (unpaired) electrons. The lowest BCUT2D eigenvalue weighted by atomic mass is 10.1. The van der Waals surface area contributed by atoms with Gasteiger partial charge in [-0.2, -0.15) is 0 Å². The number of rotatable bonds is 3. The third-order valence-electron chi connectivity index (χ3n) is 2.79. The molecule has 2 nitrogen and oxygen atoms in total. The quantitative estimate of drug-likeness (QED) is 0.738. The van der Waals surface area contributed by atoms with Crippen LogP contribution in [0.15, 0.2) is 30.3 Å². The summed E-state index contributed by atoms with van der Waals surface area (Å²) in [5.41, 5.74) is 8.57. The molecule has 2 rings (SSSR count). The van der Waals surface area contributed by atoms with Crippen molar-refractivity contribution in [1.29, 1.82) is 0 Å². The second kappa shape index (κ2) is 6.19. The number of halogens is 3. The molecule has 2 aromatic carbocycles. The number of anilines is 2. The Balaban J connectivity index is 2.53. The number of nitrogens with one attached hydrogen (secondary N) is 1. The average Bonchev–Trinajstić information content (AvgIpc) is 2.39. The molecule has 0 amide bonds. The lowest BCUT2D eigenvalue weighted by molar-refractivity contribution is 1.44. The third-order valence-corrected chi connectivity index (χ3v) is 4.05. The molecule has 0 aliphatic heterocycles. The molecule has 3 N–H and O–H groups in total. The minimum absolute atomic E-state index is 0.268. The highest BCUT2D eigenvalue weighted by Crippen LogP contribution is 2.36.